The molecule has 0 bridgehead atoms. The van der Waals surface area contributed by atoms with Crippen LogP contribution in [0.1, 0.15) is 68.4 Å². The van der Waals surface area contributed by atoms with Crippen LogP contribution in [0.5, 0.6) is 0 Å². The van der Waals surface area contributed by atoms with E-state index in [4.69, 9.17) is 14.5 Å². The van der Waals surface area contributed by atoms with Crippen molar-refractivity contribution in [1.82, 2.24) is 24.4 Å². The number of rotatable bonds is 6. The first-order valence-corrected chi connectivity index (χ1v) is 16.1. The number of methoxy groups -OCH3 is 1. The maximum absolute atomic E-state index is 14.2. The first-order valence-electron chi connectivity index (χ1n) is 16.1. The maximum atomic E-state index is 14.2. The van der Waals surface area contributed by atoms with E-state index in [0.29, 0.717) is 54.7 Å². The van der Waals surface area contributed by atoms with E-state index in [1.165, 1.54) is 7.11 Å². The van der Waals surface area contributed by atoms with Crippen LogP contribution in [0.4, 0.5) is 22.2 Å². The van der Waals surface area contributed by atoms with E-state index in [9.17, 15) is 14.4 Å². The molecule has 2 fully saturated rings. The van der Waals surface area contributed by atoms with Gasteiger partial charge in [-0.2, -0.15) is 4.98 Å². The molecule has 1 saturated heterocycles. The Kier molecular flexibility index (Phi) is 8.85. The fraction of sp³-hybridized carbons (Fsp3) is 0.429. The van der Waals surface area contributed by atoms with Crippen molar-refractivity contribution in [3.05, 3.63) is 70.3 Å². The fourth-order valence-electron chi connectivity index (χ4n) is 6.36. The molecule has 3 aromatic heterocycles. The van der Waals surface area contributed by atoms with Gasteiger partial charge in [-0.25, -0.2) is 19.6 Å². The van der Waals surface area contributed by atoms with E-state index in [1.54, 1.807) is 41.6 Å². The van der Waals surface area contributed by atoms with Crippen LogP contribution in [-0.2, 0) is 9.47 Å². The van der Waals surface area contributed by atoms with Crippen molar-refractivity contribution in [3.8, 4) is 11.1 Å². The zero-order chi connectivity index (χ0) is 33.3. The smallest absolute Gasteiger partial charge is 0.410 e. The zero-order valence-electron chi connectivity index (χ0n) is 27.6. The number of piperazine rings is 1. The Morgan fingerprint density at radius 3 is 2.26 bits per heavy atom. The number of anilines is 3. The lowest BCUT2D eigenvalue weighted by molar-refractivity contribution is 0.0240. The van der Waals surface area contributed by atoms with E-state index in [1.807, 2.05) is 44.4 Å². The van der Waals surface area contributed by atoms with Gasteiger partial charge in [0.1, 0.15) is 17.1 Å². The summed E-state index contributed by atoms with van der Waals surface area (Å²) in [6.45, 7) is 10.0. The van der Waals surface area contributed by atoms with Crippen LogP contribution in [-0.4, -0.2) is 75.4 Å². The zero-order valence-corrected chi connectivity index (χ0v) is 27.6. The third-order valence-corrected chi connectivity index (χ3v) is 8.78. The second-order valence-electron chi connectivity index (χ2n) is 13.1. The number of carbonyl (C=O) groups excluding carboxylic acids is 2. The van der Waals surface area contributed by atoms with E-state index < -0.39 is 11.6 Å². The lowest BCUT2D eigenvalue weighted by atomic mass is 9.98. The summed E-state index contributed by atoms with van der Waals surface area (Å²) in [5, 5.41) is 4.01. The molecule has 1 N–H and O–H groups in total. The second-order valence-corrected chi connectivity index (χ2v) is 13.1. The minimum Gasteiger partial charge on any atom is -0.465 e. The molecule has 0 atom stereocenters. The third-order valence-electron chi connectivity index (χ3n) is 8.78. The molecule has 1 aliphatic carbocycles. The van der Waals surface area contributed by atoms with Crippen molar-refractivity contribution in [2.45, 2.75) is 65.0 Å². The van der Waals surface area contributed by atoms with Crippen molar-refractivity contribution < 1.29 is 19.1 Å². The quantitative estimate of drug-likeness (QED) is 0.256. The highest BCUT2D eigenvalue weighted by Gasteiger charge is 2.27. The number of hydrogen-bond acceptors (Lipinski definition) is 10. The van der Waals surface area contributed by atoms with Gasteiger partial charge in [0.05, 0.1) is 30.1 Å². The number of hydrogen-bond donors (Lipinski definition) is 1. The molecule has 1 amide bonds. The molecule has 246 valence electrons. The van der Waals surface area contributed by atoms with Gasteiger partial charge in [0.2, 0.25) is 5.95 Å². The van der Waals surface area contributed by atoms with Crippen molar-refractivity contribution in [2.24, 2.45) is 0 Å². The Morgan fingerprint density at radius 1 is 0.936 bits per heavy atom. The second kappa shape index (κ2) is 13.0. The normalized spacial score (nSPS) is 15.6. The molecule has 6 rings (SSSR count). The highest BCUT2D eigenvalue weighted by molar-refractivity contribution is 5.91. The highest BCUT2D eigenvalue weighted by Crippen LogP contribution is 2.34. The van der Waals surface area contributed by atoms with Gasteiger partial charge in [-0.15, -0.1) is 0 Å². The molecule has 1 saturated carbocycles. The van der Waals surface area contributed by atoms with Crippen LogP contribution >= 0.6 is 0 Å². The molecule has 4 aromatic rings. The maximum Gasteiger partial charge on any atom is 0.410 e. The third kappa shape index (κ3) is 6.77. The van der Waals surface area contributed by atoms with E-state index in [-0.39, 0.29) is 17.7 Å². The number of fused-ring (bicyclic) bond motifs is 1. The summed E-state index contributed by atoms with van der Waals surface area (Å²) in [5.74, 6) is 0.504. The summed E-state index contributed by atoms with van der Waals surface area (Å²) in [7, 11) is 1.34. The summed E-state index contributed by atoms with van der Waals surface area (Å²) in [4.78, 5) is 56.6. The van der Waals surface area contributed by atoms with E-state index in [2.05, 4.69) is 20.2 Å². The molecular formula is C35H41N7O5. The Bertz CT molecular complexity index is 1830. The SMILES string of the molecule is COC(=O)c1ccc(-c2c(C)c3cnc(Nc4ccc(N5CCN(C(=O)OC(C)(C)C)CC5)cn4)nc3n(C3CCCC3)c2=O)cc1. The average molecular weight is 640 g/mol. The molecule has 0 unspecified atom stereocenters. The Labute approximate surface area is 273 Å². The molecule has 1 aromatic carbocycles. The number of esters is 1. The summed E-state index contributed by atoms with van der Waals surface area (Å²) in [5.41, 5.74) is 3.43. The number of amides is 1. The highest BCUT2D eigenvalue weighted by atomic mass is 16.6. The van der Waals surface area contributed by atoms with Crippen LogP contribution in [0.25, 0.3) is 22.2 Å². The first kappa shape index (κ1) is 32.0. The van der Waals surface area contributed by atoms with Gasteiger partial charge >= 0.3 is 12.1 Å². The predicted molar refractivity (Wildman–Crippen MR) is 180 cm³/mol. The van der Waals surface area contributed by atoms with Gasteiger partial charge in [0.15, 0.2) is 0 Å². The molecule has 0 radical (unpaired) electrons. The van der Waals surface area contributed by atoms with Crippen LogP contribution in [0, 0.1) is 6.92 Å². The van der Waals surface area contributed by atoms with Gasteiger partial charge in [0.25, 0.3) is 5.56 Å². The largest absolute Gasteiger partial charge is 0.465 e. The fourth-order valence-corrected chi connectivity index (χ4v) is 6.36. The summed E-state index contributed by atoms with van der Waals surface area (Å²) >= 11 is 0. The van der Waals surface area contributed by atoms with Crippen LogP contribution < -0.4 is 15.8 Å². The van der Waals surface area contributed by atoms with Gasteiger partial charge in [-0.05, 0) is 75.9 Å². The molecular weight excluding hydrogens is 598 g/mol. The molecule has 47 heavy (non-hydrogen) atoms. The van der Waals surface area contributed by atoms with E-state index in [0.717, 1.165) is 47.9 Å². The molecule has 4 heterocycles. The van der Waals surface area contributed by atoms with Crippen molar-refractivity contribution >= 4 is 40.5 Å². The minimum atomic E-state index is -0.521. The van der Waals surface area contributed by atoms with E-state index >= 15 is 0 Å². The van der Waals surface area contributed by atoms with Gasteiger partial charge < -0.3 is 24.6 Å². The number of aryl methyl sites for hydroxylation is 1. The summed E-state index contributed by atoms with van der Waals surface area (Å²) < 4.78 is 12.2. The minimum absolute atomic E-state index is 0.0367. The first-order chi connectivity index (χ1) is 22.5. The average Bonchev–Trinajstić information content (AvgIpc) is 3.59. The van der Waals surface area contributed by atoms with Crippen LogP contribution in [0.3, 0.4) is 0 Å². The van der Waals surface area contributed by atoms with Crippen LogP contribution in [0.15, 0.2) is 53.6 Å². The predicted octanol–water partition coefficient (Wildman–Crippen LogP) is 5.86. The van der Waals surface area contributed by atoms with Gasteiger partial charge in [-0.1, -0.05) is 25.0 Å². The van der Waals surface area contributed by atoms with Crippen LogP contribution in [0.2, 0.25) is 0 Å². The number of benzene rings is 1. The lowest BCUT2D eigenvalue weighted by Gasteiger charge is -2.36. The molecule has 12 nitrogen and oxygen atoms in total. The Balaban J connectivity index is 1.24. The van der Waals surface area contributed by atoms with Gasteiger partial charge in [0, 0.05) is 43.8 Å². The molecule has 1 aliphatic heterocycles. The summed E-state index contributed by atoms with van der Waals surface area (Å²) in [6, 6.07) is 10.8. The number of nitrogens with one attached hydrogen (secondary N) is 1. The molecule has 2 aliphatic rings. The van der Waals surface area contributed by atoms with Gasteiger partial charge in [-0.3, -0.25) is 9.36 Å². The van der Waals surface area contributed by atoms with Crippen molar-refractivity contribution in [2.75, 3.05) is 43.5 Å². The Morgan fingerprint density at radius 2 is 1.64 bits per heavy atom. The monoisotopic (exact) mass is 639 g/mol. The topological polar surface area (TPSA) is 132 Å². The number of aromatic nitrogens is 4. The molecule has 12 heteroatoms. The Hall–Kier alpha value is -5.00. The lowest BCUT2D eigenvalue weighted by Crippen LogP contribution is -2.50. The summed E-state index contributed by atoms with van der Waals surface area (Å²) in [6.07, 6.45) is 7.18. The number of carbonyl (C=O) groups is 2. The molecule has 0 spiro atoms. The number of ether oxygens (including phenoxy) is 2. The number of pyridine rings is 2. The number of nitrogens with zero attached hydrogens (tertiary/aromatic N) is 6. The standard InChI is InChI=1S/C35H41N7O5/c1-22-27-21-37-33(38-28-15-14-26(20-36-28)40-16-18-41(19-17-40)34(45)47-35(2,3)4)39-30(27)42(25-8-6-7-9-25)31(43)29(22)23-10-12-24(13-11-23)32(44)46-5/h10-15,20-21,25H,6-9,16-19H2,1-5H3,(H,36,37,38,39). The van der Waals surface area contributed by atoms with Crippen molar-refractivity contribution in [3.63, 3.8) is 0 Å². The van der Waals surface area contributed by atoms with Crippen molar-refractivity contribution in [1.29, 1.82) is 0 Å².